The lowest BCUT2D eigenvalue weighted by molar-refractivity contribution is 0.511. The largest absolute Gasteiger partial charge is 0.247 e. The summed E-state index contributed by atoms with van der Waals surface area (Å²) in [5, 5.41) is 1.81. The van der Waals surface area contributed by atoms with Crippen LogP contribution in [0.5, 0.6) is 0 Å². The highest BCUT2D eigenvalue weighted by Crippen LogP contribution is 2.29. The monoisotopic (exact) mass is 379 g/mol. The Morgan fingerprint density at radius 1 is 0.960 bits per heavy atom. The van der Waals surface area contributed by atoms with Gasteiger partial charge in [-0.15, -0.1) is 11.3 Å². The molecule has 1 atom stereocenters. The Balaban J connectivity index is 2.05. The van der Waals surface area contributed by atoms with Crippen LogP contribution in [0.4, 0.5) is 8.78 Å². The molecule has 0 aliphatic carbocycles. The number of sulfonamides is 1. The average Bonchev–Trinajstić information content (AvgIpc) is 3.07. The molecule has 3 rings (SSSR count). The zero-order valence-electron chi connectivity index (χ0n) is 13.2. The third kappa shape index (κ3) is 3.78. The van der Waals surface area contributed by atoms with Crippen LogP contribution in [0.15, 0.2) is 64.9 Å². The van der Waals surface area contributed by atoms with Crippen LogP contribution in [0.25, 0.3) is 0 Å². The fourth-order valence-electron chi connectivity index (χ4n) is 2.46. The molecule has 0 fully saturated rings. The smallest absolute Gasteiger partial charge is 0.207 e. The Labute approximate surface area is 149 Å². The third-order valence-electron chi connectivity index (χ3n) is 3.70. The molecule has 1 N–H and O–H groups in total. The molecule has 25 heavy (non-hydrogen) atoms. The topological polar surface area (TPSA) is 46.2 Å². The minimum atomic E-state index is -4.40. The number of aryl methyl sites for hydroxylation is 1. The number of halogens is 2. The normalized spacial score (nSPS) is 12.9. The van der Waals surface area contributed by atoms with E-state index in [9.17, 15) is 17.2 Å². The van der Waals surface area contributed by atoms with Crippen molar-refractivity contribution in [3.05, 3.63) is 87.6 Å². The highest BCUT2D eigenvalue weighted by atomic mass is 32.2. The molecular weight excluding hydrogens is 364 g/mol. The maximum atomic E-state index is 13.9. The van der Waals surface area contributed by atoms with Crippen LogP contribution >= 0.6 is 11.3 Å². The maximum Gasteiger partial charge on any atom is 0.247 e. The molecule has 0 unspecified atom stereocenters. The Kier molecular flexibility index (Phi) is 4.99. The minimum Gasteiger partial charge on any atom is -0.207 e. The molecule has 2 aromatic carbocycles. The standard InChI is InChI=1S/C18H15F2NO2S2/c1-12-7-9-13(10-8-12)17(16-6-3-11-24-16)21-25(22,23)18-14(19)4-2-5-15(18)20/h2-11,17,21H,1H3/t17-/m0/s1. The van der Waals surface area contributed by atoms with Gasteiger partial charge in [0, 0.05) is 4.88 Å². The van der Waals surface area contributed by atoms with Crippen LogP contribution < -0.4 is 4.72 Å². The van der Waals surface area contributed by atoms with Gasteiger partial charge in [-0.1, -0.05) is 42.0 Å². The number of rotatable bonds is 5. The second-order valence-electron chi connectivity index (χ2n) is 5.53. The summed E-state index contributed by atoms with van der Waals surface area (Å²) in [4.78, 5) is -0.243. The summed E-state index contributed by atoms with van der Waals surface area (Å²) < 4.78 is 55.6. The first-order valence-electron chi connectivity index (χ1n) is 7.45. The summed E-state index contributed by atoms with van der Waals surface area (Å²) in [5.41, 5.74) is 1.71. The van der Waals surface area contributed by atoms with Gasteiger partial charge in [0.15, 0.2) is 4.90 Å². The summed E-state index contributed by atoms with van der Waals surface area (Å²) in [6, 6.07) is 13.1. The fourth-order valence-corrected chi connectivity index (χ4v) is 4.68. The van der Waals surface area contributed by atoms with Crippen molar-refractivity contribution >= 4 is 21.4 Å². The molecule has 3 nitrogen and oxygen atoms in total. The number of nitrogens with one attached hydrogen (secondary N) is 1. The van der Waals surface area contributed by atoms with Crippen molar-refractivity contribution in [2.24, 2.45) is 0 Å². The van der Waals surface area contributed by atoms with E-state index in [2.05, 4.69) is 4.72 Å². The summed E-state index contributed by atoms with van der Waals surface area (Å²) in [6.07, 6.45) is 0. The Morgan fingerprint density at radius 3 is 2.16 bits per heavy atom. The highest BCUT2D eigenvalue weighted by molar-refractivity contribution is 7.89. The lowest BCUT2D eigenvalue weighted by Crippen LogP contribution is -2.30. The van der Waals surface area contributed by atoms with Crippen molar-refractivity contribution < 1.29 is 17.2 Å². The molecule has 0 amide bonds. The second-order valence-corrected chi connectivity index (χ2v) is 8.16. The lowest BCUT2D eigenvalue weighted by atomic mass is 10.0. The first-order chi connectivity index (χ1) is 11.9. The van der Waals surface area contributed by atoms with Gasteiger partial charge in [0.1, 0.15) is 11.6 Å². The van der Waals surface area contributed by atoms with Crippen molar-refractivity contribution in [3.8, 4) is 0 Å². The van der Waals surface area contributed by atoms with E-state index >= 15 is 0 Å². The summed E-state index contributed by atoms with van der Waals surface area (Å²) >= 11 is 1.36. The summed E-state index contributed by atoms with van der Waals surface area (Å²) in [6.45, 7) is 1.92. The third-order valence-corrected chi connectivity index (χ3v) is 6.11. The summed E-state index contributed by atoms with van der Waals surface area (Å²) in [7, 11) is -4.40. The molecule has 0 radical (unpaired) electrons. The molecule has 130 valence electrons. The van der Waals surface area contributed by atoms with Crippen LogP contribution in [0, 0.1) is 18.6 Å². The van der Waals surface area contributed by atoms with Crippen LogP contribution in [0.1, 0.15) is 22.0 Å². The van der Waals surface area contributed by atoms with E-state index in [-0.39, 0.29) is 0 Å². The van der Waals surface area contributed by atoms with Crippen molar-refractivity contribution in [2.75, 3.05) is 0 Å². The summed E-state index contributed by atoms with van der Waals surface area (Å²) in [5.74, 6) is -2.25. The first kappa shape index (κ1) is 17.7. The van der Waals surface area contributed by atoms with Gasteiger partial charge in [-0.3, -0.25) is 0 Å². The molecule has 0 aliphatic heterocycles. The van der Waals surface area contributed by atoms with Gasteiger partial charge in [0.25, 0.3) is 0 Å². The van der Waals surface area contributed by atoms with Crippen molar-refractivity contribution in [1.29, 1.82) is 0 Å². The van der Waals surface area contributed by atoms with E-state index in [1.165, 1.54) is 11.3 Å². The van der Waals surface area contributed by atoms with E-state index in [4.69, 9.17) is 0 Å². The van der Waals surface area contributed by atoms with E-state index in [1.54, 1.807) is 24.3 Å². The van der Waals surface area contributed by atoms with Gasteiger partial charge in [-0.2, -0.15) is 4.72 Å². The van der Waals surface area contributed by atoms with Crippen LogP contribution in [-0.4, -0.2) is 8.42 Å². The van der Waals surface area contributed by atoms with E-state index in [1.807, 2.05) is 24.4 Å². The average molecular weight is 379 g/mol. The first-order valence-corrected chi connectivity index (χ1v) is 9.81. The molecule has 0 spiro atoms. The number of benzene rings is 2. The Bertz CT molecular complexity index is 949. The molecule has 1 aromatic heterocycles. The molecule has 1 heterocycles. The molecule has 0 saturated carbocycles. The Hall–Kier alpha value is -2.09. The zero-order chi connectivity index (χ0) is 18.0. The fraction of sp³-hybridized carbons (Fsp3) is 0.111. The van der Waals surface area contributed by atoms with Crippen molar-refractivity contribution in [1.82, 2.24) is 4.72 Å². The predicted octanol–water partition coefficient (Wildman–Crippen LogP) is 4.40. The van der Waals surface area contributed by atoms with Gasteiger partial charge in [-0.25, -0.2) is 17.2 Å². The predicted molar refractivity (Wildman–Crippen MR) is 94.0 cm³/mol. The lowest BCUT2D eigenvalue weighted by Gasteiger charge is -2.19. The second kappa shape index (κ2) is 7.03. The Morgan fingerprint density at radius 2 is 1.60 bits per heavy atom. The highest BCUT2D eigenvalue weighted by Gasteiger charge is 2.28. The van der Waals surface area contributed by atoms with Gasteiger partial charge in [-0.05, 0) is 36.1 Å². The zero-order valence-corrected chi connectivity index (χ0v) is 14.9. The van der Waals surface area contributed by atoms with E-state index in [0.29, 0.717) is 5.56 Å². The van der Waals surface area contributed by atoms with Crippen molar-refractivity contribution in [2.45, 2.75) is 17.9 Å². The quantitative estimate of drug-likeness (QED) is 0.714. The van der Waals surface area contributed by atoms with Gasteiger partial charge < -0.3 is 0 Å². The molecule has 0 aliphatic rings. The maximum absolute atomic E-state index is 13.9. The molecule has 0 saturated heterocycles. The molecule has 3 aromatic rings. The SMILES string of the molecule is Cc1ccc([C@H](NS(=O)(=O)c2c(F)cccc2F)c2cccs2)cc1. The molecule has 7 heteroatoms. The van der Waals surface area contributed by atoms with Crippen LogP contribution in [0.2, 0.25) is 0 Å². The van der Waals surface area contributed by atoms with E-state index < -0.39 is 32.6 Å². The number of hydrogen-bond acceptors (Lipinski definition) is 3. The van der Waals surface area contributed by atoms with E-state index in [0.717, 1.165) is 28.6 Å². The molecule has 0 bridgehead atoms. The van der Waals surface area contributed by atoms with Gasteiger partial charge in [0.05, 0.1) is 6.04 Å². The number of thiophene rings is 1. The molecular formula is C18H15F2NO2S2. The van der Waals surface area contributed by atoms with Gasteiger partial charge in [0.2, 0.25) is 10.0 Å². The van der Waals surface area contributed by atoms with Crippen LogP contribution in [-0.2, 0) is 10.0 Å². The van der Waals surface area contributed by atoms with Gasteiger partial charge >= 0.3 is 0 Å². The minimum absolute atomic E-state index is 0.688. The van der Waals surface area contributed by atoms with Crippen LogP contribution in [0.3, 0.4) is 0 Å². The van der Waals surface area contributed by atoms with Crippen molar-refractivity contribution in [3.63, 3.8) is 0 Å². The number of hydrogen-bond donors (Lipinski definition) is 1.